The van der Waals surface area contributed by atoms with Crippen LogP contribution in [0.5, 0.6) is 0 Å². The van der Waals surface area contributed by atoms with E-state index in [0.29, 0.717) is 5.54 Å². The minimum atomic E-state index is 0.313. The Hall–Kier alpha value is -0.730. The maximum Gasteiger partial charge on any atom is 0.191 e. The van der Waals surface area contributed by atoms with Gasteiger partial charge in [0.25, 0.3) is 0 Å². The molecular formula is C11H21N3. The highest BCUT2D eigenvalue weighted by Gasteiger charge is 2.51. The van der Waals surface area contributed by atoms with Crippen LogP contribution in [0.2, 0.25) is 0 Å². The molecule has 0 aromatic carbocycles. The first-order valence-corrected chi connectivity index (χ1v) is 5.66. The third kappa shape index (κ3) is 1.22. The van der Waals surface area contributed by atoms with Crippen molar-refractivity contribution in [3.05, 3.63) is 0 Å². The minimum absolute atomic E-state index is 0.313. The Balaban J connectivity index is 2.01. The van der Waals surface area contributed by atoms with E-state index >= 15 is 0 Å². The fourth-order valence-electron chi connectivity index (χ4n) is 2.88. The minimum Gasteiger partial charge on any atom is -0.370 e. The molecule has 0 amide bonds. The van der Waals surface area contributed by atoms with Gasteiger partial charge in [-0.15, -0.1) is 0 Å². The van der Waals surface area contributed by atoms with E-state index in [1.807, 2.05) is 0 Å². The molecule has 14 heavy (non-hydrogen) atoms. The van der Waals surface area contributed by atoms with Crippen LogP contribution >= 0.6 is 0 Å². The zero-order chi connectivity index (χ0) is 10.3. The number of hydrogen-bond acceptors (Lipinski definition) is 3. The summed E-state index contributed by atoms with van der Waals surface area (Å²) in [7, 11) is 0. The lowest BCUT2D eigenvalue weighted by Gasteiger charge is -2.52. The molecule has 1 spiro atoms. The van der Waals surface area contributed by atoms with Crippen LogP contribution in [0.4, 0.5) is 0 Å². The number of nitrogens with two attached hydrogens (primary N) is 1. The van der Waals surface area contributed by atoms with E-state index in [1.54, 1.807) is 0 Å². The molecule has 1 heterocycles. The van der Waals surface area contributed by atoms with Crippen molar-refractivity contribution < 1.29 is 0 Å². The van der Waals surface area contributed by atoms with E-state index < -0.39 is 0 Å². The molecule has 2 N–H and O–H groups in total. The molecule has 0 bridgehead atoms. The number of hydrogen-bond donors (Lipinski definition) is 1. The van der Waals surface area contributed by atoms with Crippen LogP contribution in [0.25, 0.3) is 0 Å². The Morgan fingerprint density at radius 2 is 2.21 bits per heavy atom. The molecule has 0 atom stereocenters. The second-order valence-corrected chi connectivity index (χ2v) is 5.06. The molecule has 0 saturated heterocycles. The summed E-state index contributed by atoms with van der Waals surface area (Å²) in [6, 6.07) is 0. The molecule has 2 rings (SSSR count). The van der Waals surface area contributed by atoms with Gasteiger partial charge in [-0.05, 0) is 31.6 Å². The van der Waals surface area contributed by atoms with Crippen LogP contribution in [0.1, 0.15) is 33.6 Å². The fraction of sp³-hybridized carbons (Fsp3) is 0.909. The average Bonchev–Trinajstić information content (AvgIpc) is 2.39. The number of nitrogens with zero attached hydrogens (tertiary/aromatic N) is 2. The van der Waals surface area contributed by atoms with E-state index in [0.717, 1.165) is 30.9 Å². The van der Waals surface area contributed by atoms with Crippen molar-refractivity contribution in [3.63, 3.8) is 0 Å². The lowest BCUT2D eigenvalue weighted by atomic mass is 9.63. The Morgan fingerprint density at radius 1 is 1.57 bits per heavy atom. The van der Waals surface area contributed by atoms with Gasteiger partial charge in [0, 0.05) is 6.54 Å². The van der Waals surface area contributed by atoms with Gasteiger partial charge in [0.05, 0.1) is 12.1 Å². The van der Waals surface area contributed by atoms with Gasteiger partial charge >= 0.3 is 0 Å². The molecule has 0 aromatic rings. The van der Waals surface area contributed by atoms with Crippen molar-refractivity contribution in [1.82, 2.24) is 4.90 Å². The zero-order valence-corrected chi connectivity index (χ0v) is 9.45. The van der Waals surface area contributed by atoms with Crippen LogP contribution in [-0.2, 0) is 0 Å². The van der Waals surface area contributed by atoms with Gasteiger partial charge in [-0.3, -0.25) is 4.99 Å². The third-order valence-electron chi connectivity index (χ3n) is 3.93. The highest BCUT2D eigenvalue weighted by Crippen LogP contribution is 2.47. The topological polar surface area (TPSA) is 41.6 Å². The monoisotopic (exact) mass is 195 g/mol. The number of rotatable bonds is 2. The normalized spacial score (nSPS) is 36.4. The van der Waals surface area contributed by atoms with Gasteiger partial charge in [-0.25, -0.2) is 0 Å². The van der Waals surface area contributed by atoms with Gasteiger partial charge < -0.3 is 10.6 Å². The molecule has 0 radical (unpaired) electrons. The molecule has 0 unspecified atom stereocenters. The predicted octanol–water partition coefficient (Wildman–Crippen LogP) is 1.44. The molecule has 80 valence electrons. The van der Waals surface area contributed by atoms with Crippen molar-refractivity contribution >= 4 is 5.96 Å². The van der Waals surface area contributed by atoms with Crippen LogP contribution in [0.3, 0.4) is 0 Å². The van der Waals surface area contributed by atoms with E-state index in [-0.39, 0.29) is 0 Å². The number of likely N-dealkylation sites (N-methyl/N-ethyl adjacent to an activating group) is 1. The van der Waals surface area contributed by atoms with Crippen molar-refractivity contribution in [2.75, 3.05) is 13.1 Å². The van der Waals surface area contributed by atoms with Crippen LogP contribution < -0.4 is 5.73 Å². The number of guanidine groups is 1. The lowest BCUT2D eigenvalue weighted by Crippen LogP contribution is -2.59. The maximum atomic E-state index is 5.87. The van der Waals surface area contributed by atoms with Gasteiger partial charge in [-0.1, -0.05) is 13.8 Å². The van der Waals surface area contributed by atoms with E-state index in [1.165, 1.54) is 12.8 Å². The standard InChI is InChI=1S/C11H21N3/c1-4-14-10(12)13-7-11(14)5-9(6-11)8(2)3/h8-9H,4-7H2,1-3H3,(H2,12,13). The van der Waals surface area contributed by atoms with Crippen molar-refractivity contribution in [1.29, 1.82) is 0 Å². The fourth-order valence-corrected chi connectivity index (χ4v) is 2.88. The molecule has 1 aliphatic heterocycles. The van der Waals surface area contributed by atoms with E-state index in [2.05, 4.69) is 30.7 Å². The van der Waals surface area contributed by atoms with Crippen molar-refractivity contribution in [3.8, 4) is 0 Å². The Kier molecular flexibility index (Phi) is 2.20. The van der Waals surface area contributed by atoms with Gasteiger partial charge in [-0.2, -0.15) is 0 Å². The molecule has 1 saturated carbocycles. The first-order chi connectivity index (χ1) is 6.59. The van der Waals surface area contributed by atoms with Crippen molar-refractivity contribution in [2.24, 2.45) is 22.6 Å². The summed E-state index contributed by atoms with van der Waals surface area (Å²) in [4.78, 5) is 6.68. The average molecular weight is 195 g/mol. The summed E-state index contributed by atoms with van der Waals surface area (Å²) in [5, 5.41) is 0. The molecule has 3 nitrogen and oxygen atoms in total. The Bertz CT molecular complexity index is 251. The first kappa shape index (κ1) is 9.81. The van der Waals surface area contributed by atoms with Gasteiger partial charge in [0.2, 0.25) is 0 Å². The number of aliphatic imine (C=N–C) groups is 1. The first-order valence-electron chi connectivity index (χ1n) is 5.66. The van der Waals surface area contributed by atoms with Gasteiger partial charge in [0.15, 0.2) is 5.96 Å². The Morgan fingerprint density at radius 3 is 2.71 bits per heavy atom. The van der Waals surface area contributed by atoms with Crippen LogP contribution in [-0.4, -0.2) is 29.5 Å². The zero-order valence-electron chi connectivity index (χ0n) is 9.45. The molecular weight excluding hydrogens is 174 g/mol. The summed E-state index contributed by atoms with van der Waals surface area (Å²) in [6.45, 7) is 8.72. The maximum absolute atomic E-state index is 5.87. The SMILES string of the molecule is CCN1C(N)=NCC12CC(C(C)C)C2. The smallest absolute Gasteiger partial charge is 0.191 e. The van der Waals surface area contributed by atoms with E-state index in [4.69, 9.17) is 5.73 Å². The quantitative estimate of drug-likeness (QED) is 0.724. The van der Waals surface area contributed by atoms with Gasteiger partial charge in [0.1, 0.15) is 0 Å². The van der Waals surface area contributed by atoms with E-state index in [9.17, 15) is 0 Å². The van der Waals surface area contributed by atoms with Crippen LogP contribution in [0.15, 0.2) is 4.99 Å². The summed E-state index contributed by atoms with van der Waals surface area (Å²) in [5.41, 5.74) is 6.19. The molecule has 0 aromatic heterocycles. The summed E-state index contributed by atoms with van der Waals surface area (Å²) in [5.74, 6) is 2.45. The summed E-state index contributed by atoms with van der Waals surface area (Å²) >= 11 is 0. The predicted molar refractivity (Wildman–Crippen MR) is 59.2 cm³/mol. The second-order valence-electron chi connectivity index (χ2n) is 5.06. The summed E-state index contributed by atoms with van der Waals surface area (Å²) in [6.07, 6.45) is 2.56. The third-order valence-corrected chi connectivity index (χ3v) is 3.93. The highest BCUT2D eigenvalue weighted by atomic mass is 15.4. The molecule has 1 aliphatic carbocycles. The largest absolute Gasteiger partial charge is 0.370 e. The molecule has 3 heteroatoms. The van der Waals surface area contributed by atoms with Crippen molar-refractivity contribution in [2.45, 2.75) is 39.2 Å². The summed E-state index contributed by atoms with van der Waals surface area (Å²) < 4.78 is 0. The van der Waals surface area contributed by atoms with Crippen LogP contribution in [0, 0.1) is 11.8 Å². The Labute approximate surface area is 86.4 Å². The second kappa shape index (κ2) is 3.14. The highest BCUT2D eigenvalue weighted by molar-refractivity contribution is 5.81. The lowest BCUT2D eigenvalue weighted by molar-refractivity contribution is 0.0210. The molecule has 1 fully saturated rings. The molecule has 2 aliphatic rings.